The van der Waals surface area contributed by atoms with Crippen LogP contribution in [0.15, 0.2) is 58.3 Å². The molecule has 0 saturated heterocycles. The second-order valence-corrected chi connectivity index (χ2v) is 6.93. The third-order valence-corrected chi connectivity index (χ3v) is 4.88. The van der Waals surface area contributed by atoms with Crippen LogP contribution in [0.5, 0.6) is 0 Å². The minimum atomic E-state index is 0.0429. The zero-order chi connectivity index (χ0) is 17.1. The number of hydrogen-bond donors (Lipinski definition) is 1. The smallest absolute Gasteiger partial charge is 0.230 e. The van der Waals surface area contributed by atoms with E-state index in [1.165, 1.54) is 11.8 Å². The molecule has 1 saturated carbocycles. The fraction of sp³-hybridized carbons (Fsp3) is 0.278. The van der Waals surface area contributed by atoms with Gasteiger partial charge >= 0.3 is 0 Å². The van der Waals surface area contributed by atoms with Crippen LogP contribution in [0.2, 0.25) is 0 Å². The summed E-state index contributed by atoms with van der Waals surface area (Å²) in [7, 11) is 0. The van der Waals surface area contributed by atoms with Gasteiger partial charge in [-0.2, -0.15) is 0 Å². The van der Waals surface area contributed by atoms with Crippen molar-refractivity contribution in [2.24, 2.45) is 0 Å². The third kappa shape index (κ3) is 3.93. The fourth-order valence-electron chi connectivity index (χ4n) is 2.52. The number of amides is 1. The van der Waals surface area contributed by atoms with Crippen molar-refractivity contribution in [1.82, 2.24) is 20.1 Å². The molecule has 2 aromatic heterocycles. The Morgan fingerprint density at radius 1 is 1.20 bits per heavy atom. The molecule has 4 rings (SSSR count). The molecule has 1 amide bonds. The lowest BCUT2D eigenvalue weighted by atomic mass is 10.2. The van der Waals surface area contributed by atoms with Crippen molar-refractivity contribution in [2.75, 3.05) is 5.75 Å². The molecule has 2 heterocycles. The molecule has 0 atom stereocenters. The predicted octanol–water partition coefficient (Wildman–Crippen LogP) is 2.96. The van der Waals surface area contributed by atoms with Crippen LogP contribution in [-0.4, -0.2) is 32.5 Å². The molecule has 0 bridgehead atoms. The molecule has 0 aliphatic heterocycles. The lowest BCUT2D eigenvalue weighted by molar-refractivity contribution is -0.118. The highest BCUT2D eigenvalue weighted by atomic mass is 32.2. The van der Waals surface area contributed by atoms with Crippen molar-refractivity contribution in [1.29, 1.82) is 0 Å². The summed E-state index contributed by atoms with van der Waals surface area (Å²) in [6, 6.07) is 14.2. The summed E-state index contributed by atoms with van der Waals surface area (Å²) in [5, 5.41) is 12.2. The van der Waals surface area contributed by atoms with Crippen LogP contribution in [-0.2, 0) is 11.3 Å². The number of aromatic nitrogens is 3. The first-order chi connectivity index (χ1) is 12.3. The summed E-state index contributed by atoms with van der Waals surface area (Å²) in [4.78, 5) is 12.0. The molecule has 6 nitrogen and oxygen atoms in total. The molecule has 128 valence electrons. The summed E-state index contributed by atoms with van der Waals surface area (Å²) < 4.78 is 7.48. The van der Waals surface area contributed by atoms with Gasteiger partial charge in [-0.1, -0.05) is 42.1 Å². The Morgan fingerprint density at radius 2 is 2.04 bits per heavy atom. The first-order valence-corrected chi connectivity index (χ1v) is 9.21. The summed E-state index contributed by atoms with van der Waals surface area (Å²) in [5.74, 6) is 1.71. The Labute approximate surface area is 149 Å². The largest absolute Gasteiger partial charge is 0.461 e. The van der Waals surface area contributed by atoms with E-state index in [4.69, 9.17) is 4.42 Å². The molecule has 25 heavy (non-hydrogen) atoms. The Kier molecular flexibility index (Phi) is 4.56. The van der Waals surface area contributed by atoms with Crippen LogP contribution in [0.25, 0.3) is 11.6 Å². The quantitative estimate of drug-likeness (QED) is 0.661. The van der Waals surface area contributed by atoms with Crippen LogP contribution < -0.4 is 5.32 Å². The minimum absolute atomic E-state index is 0.0429. The van der Waals surface area contributed by atoms with Crippen molar-refractivity contribution in [3.8, 4) is 11.6 Å². The van der Waals surface area contributed by atoms with Crippen molar-refractivity contribution in [2.45, 2.75) is 30.6 Å². The average Bonchev–Trinajstić information content (AvgIpc) is 3.11. The highest BCUT2D eigenvalue weighted by Crippen LogP contribution is 2.26. The maximum atomic E-state index is 12.0. The van der Waals surface area contributed by atoms with E-state index in [0.29, 0.717) is 35.1 Å². The second-order valence-electron chi connectivity index (χ2n) is 5.99. The number of thioether (sulfide) groups is 1. The molecule has 1 aliphatic rings. The average molecular weight is 354 g/mol. The van der Waals surface area contributed by atoms with Gasteiger partial charge in [0.05, 0.1) is 18.6 Å². The summed E-state index contributed by atoms with van der Waals surface area (Å²) >= 11 is 1.40. The molecule has 3 aromatic rings. The van der Waals surface area contributed by atoms with E-state index in [-0.39, 0.29) is 5.91 Å². The van der Waals surface area contributed by atoms with Gasteiger partial charge in [0.15, 0.2) is 10.9 Å². The van der Waals surface area contributed by atoms with Crippen LogP contribution in [0.4, 0.5) is 0 Å². The van der Waals surface area contributed by atoms with Crippen molar-refractivity contribution < 1.29 is 9.21 Å². The molecule has 1 aliphatic carbocycles. The number of furan rings is 1. The molecule has 0 spiro atoms. The van der Waals surface area contributed by atoms with E-state index < -0.39 is 0 Å². The number of hydrogen-bond acceptors (Lipinski definition) is 5. The minimum Gasteiger partial charge on any atom is -0.461 e. The van der Waals surface area contributed by atoms with Crippen LogP contribution in [0.3, 0.4) is 0 Å². The van der Waals surface area contributed by atoms with Gasteiger partial charge in [-0.25, -0.2) is 0 Å². The monoisotopic (exact) mass is 354 g/mol. The maximum Gasteiger partial charge on any atom is 0.230 e. The van der Waals surface area contributed by atoms with Crippen LogP contribution in [0.1, 0.15) is 18.4 Å². The standard InChI is InChI=1S/C18H18N4O2S/c23-16(19-14-8-9-14)12-25-18-21-20-17(15-7-4-10-24-15)22(18)11-13-5-2-1-3-6-13/h1-7,10,14H,8-9,11-12H2,(H,19,23). The Morgan fingerprint density at radius 3 is 2.76 bits per heavy atom. The van der Waals surface area contributed by atoms with Crippen molar-refractivity contribution in [3.63, 3.8) is 0 Å². The maximum absolute atomic E-state index is 12.0. The summed E-state index contributed by atoms with van der Waals surface area (Å²) in [5.41, 5.74) is 1.14. The molecule has 0 radical (unpaired) electrons. The van der Waals surface area contributed by atoms with Gasteiger partial charge < -0.3 is 9.73 Å². The molecular formula is C18H18N4O2S. The van der Waals surface area contributed by atoms with Gasteiger partial charge in [0.25, 0.3) is 0 Å². The number of carbonyl (C=O) groups is 1. The third-order valence-electron chi connectivity index (χ3n) is 3.92. The number of rotatable bonds is 7. The molecular weight excluding hydrogens is 336 g/mol. The highest BCUT2D eigenvalue weighted by Gasteiger charge is 2.24. The fourth-order valence-corrected chi connectivity index (χ4v) is 3.27. The first kappa shape index (κ1) is 16.0. The lowest BCUT2D eigenvalue weighted by Gasteiger charge is -2.09. The Bertz CT molecular complexity index is 841. The van der Waals surface area contributed by atoms with Gasteiger partial charge in [0.2, 0.25) is 11.7 Å². The molecule has 1 aromatic carbocycles. The van der Waals surface area contributed by atoms with Crippen molar-refractivity contribution in [3.05, 3.63) is 54.3 Å². The Hall–Kier alpha value is -2.54. The van der Waals surface area contributed by atoms with Gasteiger partial charge in [0, 0.05) is 6.04 Å². The summed E-state index contributed by atoms with van der Waals surface area (Å²) in [6.45, 7) is 0.621. The van der Waals surface area contributed by atoms with E-state index >= 15 is 0 Å². The topological polar surface area (TPSA) is 73.0 Å². The lowest BCUT2D eigenvalue weighted by Crippen LogP contribution is -2.27. The van der Waals surface area contributed by atoms with Gasteiger partial charge in [-0.15, -0.1) is 10.2 Å². The normalized spacial score (nSPS) is 13.8. The SMILES string of the molecule is O=C(CSc1nnc(-c2ccco2)n1Cc1ccccc1)NC1CC1. The number of carbonyl (C=O) groups excluding carboxylic acids is 1. The van der Waals surface area contributed by atoms with Crippen LogP contribution >= 0.6 is 11.8 Å². The number of nitrogens with one attached hydrogen (secondary N) is 1. The first-order valence-electron chi connectivity index (χ1n) is 8.23. The van der Waals surface area contributed by atoms with Gasteiger partial charge in [-0.3, -0.25) is 9.36 Å². The highest BCUT2D eigenvalue weighted by molar-refractivity contribution is 7.99. The zero-order valence-electron chi connectivity index (χ0n) is 13.6. The van der Waals surface area contributed by atoms with Crippen LogP contribution in [0, 0.1) is 0 Å². The molecule has 0 unspecified atom stereocenters. The van der Waals surface area contributed by atoms with E-state index in [0.717, 1.165) is 18.4 Å². The number of nitrogens with zero attached hydrogens (tertiary/aromatic N) is 3. The molecule has 1 N–H and O–H groups in total. The summed E-state index contributed by atoms with van der Waals surface area (Å²) in [6.07, 6.45) is 3.79. The second kappa shape index (κ2) is 7.14. The van der Waals surface area contributed by atoms with E-state index in [1.807, 2.05) is 34.9 Å². The van der Waals surface area contributed by atoms with E-state index in [2.05, 4.69) is 27.6 Å². The van der Waals surface area contributed by atoms with Gasteiger partial charge in [-0.05, 0) is 30.5 Å². The molecule has 1 fully saturated rings. The van der Waals surface area contributed by atoms with Gasteiger partial charge in [0.1, 0.15) is 0 Å². The number of benzene rings is 1. The van der Waals surface area contributed by atoms with E-state index in [1.54, 1.807) is 6.26 Å². The Balaban J connectivity index is 1.56. The zero-order valence-corrected chi connectivity index (χ0v) is 14.4. The molecule has 7 heteroatoms. The van der Waals surface area contributed by atoms with E-state index in [9.17, 15) is 4.79 Å². The predicted molar refractivity (Wildman–Crippen MR) is 95.2 cm³/mol. The van der Waals surface area contributed by atoms with Crippen molar-refractivity contribution >= 4 is 17.7 Å².